The number of allylic oxidation sites excluding steroid dienone is 1. The molecule has 2 N–H and O–H groups in total. The van der Waals surface area contributed by atoms with Gasteiger partial charge in [-0.2, -0.15) is 5.26 Å². The van der Waals surface area contributed by atoms with E-state index in [1.54, 1.807) is 32.0 Å². The molecule has 1 aromatic heterocycles. The van der Waals surface area contributed by atoms with Crippen molar-refractivity contribution in [2.45, 2.75) is 19.8 Å². The van der Waals surface area contributed by atoms with Gasteiger partial charge in [-0.05, 0) is 37.6 Å². The van der Waals surface area contributed by atoms with E-state index in [1.807, 2.05) is 0 Å². The van der Waals surface area contributed by atoms with E-state index in [0.717, 1.165) is 0 Å². The fourth-order valence-electron chi connectivity index (χ4n) is 3.64. The Labute approximate surface area is 154 Å². The summed E-state index contributed by atoms with van der Waals surface area (Å²) in [5.74, 6) is 0.388. The second kappa shape index (κ2) is 5.99. The molecule has 0 saturated heterocycles. The lowest BCUT2D eigenvalue weighted by atomic mass is 9.84. The molecule has 0 saturated carbocycles. The summed E-state index contributed by atoms with van der Waals surface area (Å²) < 4.78 is 24.8. The number of hydrogen-bond donors (Lipinski definition) is 1. The van der Waals surface area contributed by atoms with Gasteiger partial charge < -0.3 is 14.9 Å². The van der Waals surface area contributed by atoms with E-state index in [0.29, 0.717) is 39.2 Å². The number of nitrogens with zero attached hydrogens (tertiary/aromatic N) is 1. The molecule has 5 nitrogen and oxygen atoms in total. The number of halogens is 1. The van der Waals surface area contributed by atoms with E-state index >= 15 is 0 Å². The molecule has 27 heavy (non-hydrogen) atoms. The van der Waals surface area contributed by atoms with Crippen molar-refractivity contribution < 1.29 is 13.5 Å². The predicted octanol–water partition coefficient (Wildman–Crippen LogP) is 3.77. The van der Waals surface area contributed by atoms with Gasteiger partial charge in [-0.15, -0.1) is 0 Å². The first kappa shape index (κ1) is 16.9. The minimum Gasteiger partial charge on any atom is -0.465 e. The van der Waals surface area contributed by atoms with Crippen molar-refractivity contribution in [2.24, 2.45) is 5.73 Å². The van der Waals surface area contributed by atoms with Crippen molar-refractivity contribution >= 4 is 10.8 Å². The van der Waals surface area contributed by atoms with Crippen molar-refractivity contribution in [3.05, 3.63) is 86.5 Å². The van der Waals surface area contributed by atoms with Crippen LogP contribution < -0.4 is 15.9 Å². The van der Waals surface area contributed by atoms with Crippen molar-refractivity contribution in [2.75, 3.05) is 0 Å². The Kier molecular flexibility index (Phi) is 3.74. The molecule has 0 amide bonds. The van der Waals surface area contributed by atoms with Gasteiger partial charge in [0.1, 0.15) is 34.7 Å². The second-order valence-electron chi connectivity index (χ2n) is 6.42. The van der Waals surface area contributed by atoms with Crippen LogP contribution >= 0.6 is 0 Å². The number of furan rings is 1. The molecule has 134 valence electrons. The zero-order chi connectivity index (χ0) is 19.3. The number of fused-ring (bicyclic) bond motifs is 3. The number of hydrogen-bond acceptors (Lipinski definition) is 5. The highest BCUT2D eigenvalue weighted by Crippen LogP contribution is 2.45. The molecule has 2 aromatic carbocycles. The maximum atomic E-state index is 13.4. The van der Waals surface area contributed by atoms with Gasteiger partial charge >= 0.3 is 0 Å². The van der Waals surface area contributed by atoms with E-state index in [4.69, 9.17) is 14.9 Å². The summed E-state index contributed by atoms with van der Waals surface area (Å²) in [5.41, 5.74) is 7.30. The molecule has 0 bridgehead atoms. The van der Waals surface area contributed by atoms with E-state index in [9.17, 15) is 14.4 Å². The fourth-order valence-corrected chi connectivity index (χ4v) is 3.64. The molecule has 2 heterocycles. The highest BCUT2D eigenvalue weighted by molar-refractivity contribution is 5.93. The van der Waals surface area contributed by atoms with Crippen molar-refractivity contribution in [1.82, 2.24) is 0 Å². The average Bonchev–Trinajstić information content (AvgIpc) is 2.85. The Morgan fingerprint density at radius 1 is 1.07 bits per heavy atom. The largest absolute Gasteiger partial charge is 0.465 e. The summed E-state index contributed by atoms with van der Waals surface area (Å²) in [6.45, 7) is 3.45. The van der Waals surface area contributed by atoms with Gasteiger partial charge in [-0.3, -0.25) is 4.79 Å². The van der Waals surface area contributed by atoms with E-state index < -0.39 is 5.92 Å². The zero-order valence-electron chi connectivity index (χ0n) is 14.7. The van der Waals surface area contributed by atoms with Crippen LogP contribution in [0.3, 0.4) is 0 Å². The summed E-state index contributed by atoms with van der Waals surface area (Å²) in [7, 11) is 0. The second-order valence-corrected chi connectivity index (χ2v) is 6.42. The van der Waals surface area contributed by atoms with Gasteiger partial charge in [0.2, 0.25) is 5.88 Å². The molecular formula is C21H15FN2O3. The van der Waals surface area contributed by atoms with Crippen LogP contribution in [0.15, 0.2) is 57.1 Å². The summed E-state index contributed by atoms with van der Waals surface area (Å²) in [6, 6.07) is 11.0. The maximum absolute atomic E-state index is 13.4. The van der Waals surface area contributed by atoms with Gasteiger partial charge in [-0.25, -0.2) is 4.39 Å². The molecule has 0 aliphatic carbocycles. The molecule has 3 aromatic rings. The van der Waals surface area contributed by atoms with Gasteiger partial charge in [-0.1, -0.05) is 18.2 Å². The predicted molar refractivity (Wildman–Crippen MR) is 97.7 cm³/mol. The SMILES string of the molecule is Cc1oc(C)c2c(=O)ccc3c(c12)OC(N)=C(C#N)[C@H]3c1ccc(F)cc1. The first-order valence-electron chi connectivity index (χ1n) is 8.32. The van der Waals surface area contributed by atoms with Gasteiger partial charge in [0.25, 0.3) is 0 Å². The number of rotatable bonds is 1. The Hall–Kier alpha value is -3.59. The normalized spacial score (nSPS) is 16.0. The van der Waals surface area contributed by atoms with E-state index in [1.165, 1.54) is 18.2 Å². The number of nitrogens with two attached hydrogens (primary N) is 1. The average molecular weight is 362 g/mol. The summed E-state index contributed by atoms with van der Waals surface area (Å²) >= 11 is 0. The third-order valence-electron chi connectivity index (χ3n) is 4.81. The molecule has 0 radical (unpaired) electrons. The van der Waals surface area contributed by atoms with Gasteiger partial charge in [0.05, 0.1) is 16.7 Å². The number of ether oxygens (including phenoxy) is 1. The van der Waals surface area contributed by atoms with Crippen LogP contribution in [0, 0.1) is 31.0 Å². The molecule has 0 fully saturated rings. The lowest BCUT2D eigenvalue weighted by Gasteiger charge is -2.25. The van der Waals surface area contributed by atoms with Crippen LogP contribution in [0.5, 0.6) is 5.75 Å². The smallest absolute Gasteiger partial charge is 0.205 e. The third-order valence-corrected chi connectivity index (χ3v) is 4.81. The standard InChI is InChI=1S/C21H15FN2O3/c1-10-17-16(25)8-7-14-19(12-3-5-13(22)6-4-12)15(9-23)21(24)27-20(14)18(17)11(2)26-10/h3-8,19H,24H2,1-2H3/t19-/m0/s1. The monoisotopic (exact) mass is 362 g/mol. The minimum absolute atomic E-state index is 0.0440. The molecule has 0 unspecified atom stereocenters. The molecule has 1 atom stereocenters. The lowest BCUT2D eigenvalue weighted by molar-refractivity contribution is 0.398. The van der Waals surface area contributed by atoms with Gasteiger partial charge in [0, 0.05) is 5.56 Å². The highest BCUT2D eigenvalue weighted by atomic mass is 19.1. The van der Waals surface area contributed by atoms with Crippen LogP contribution in [-0.2, 0) is 0 Å². The minimum atomic E-state index is -0.580. The lowest BCUT2D eigenvalue weighted by Crippen LogP contribution is -2.20. The zero-order valence-corrected chi connectivity index (χ0v) is 14.7. The fraction of sp³-hybridized carbons (Fsp3) is 0.143. The van der Waals surface area contributed by atoms with Crippen LogP contribution in [0.1, 0.15) is 28.6 Å². The van der Waals surface area contributed by atoms with Crippen LogP contribution in [0.4, 0.5) is 4.39 Å². The first-order valence-corrected chi connectivity index (χ1v) is 8.32. The Morgan fingerprint density at radius 2 is 1.74 bits per heavy atom. The Morgan fingerprint density at radius 3 is 2.41 bits per heavy atom. The number of nitriles is 1. The molecule has 6 heteroatoms. The molecule has 4 rings (SSSR count). The van der Waals surface area contributed by atoms with Crippen LogP contribution in [0.25, 0.3) is 10.8 Å². The quantitative estimate of drug-likeness (QED) is 0.712. The van der Waals surface area contributed by atoms with Crippen molar-refractivity contribution in [1.29, 1.82) is 5.26 Å². The summed E-state index contributed by atoms with van der Waals surface area (Å²) in [5, 5.41) is 10.6. The molecular weight excluding hydrogens is 347 g/mol. The first-order chi connectivity index (χ1) is 12.9. The van der Waals surface area contributed by atoms with Crippen molar-refractivity contribution in [3.8, 4) is 11.8 Å². The number of benzene rings is 1. The van der Waals surface area contributed by atoms with E-state index in [-0.39, 0.29) is 22.7 Å². The Bertz CT molecular complexity index is 1220. The highest BCUT2D eigenvalue weighted by Gasteiger charge is 2.32. The topological polar surface area (TPSA) is 89.2 Å². The number of aryl methyl sites for hydroxylation is 2. The molecule has 0 spiro atoms. The summed E-state index contributed by atoms with van der Waals surface area (Å²) in [4.78, 5) is 12.6. The van der Waals surface area contributed by atoms with E-state index in [2.05, 4.69) is 6.07 Å². The Balaban J connectivity index is 2.13. The molecule has 1 aliphatic rings. The van der Waals surface area contributed by atoms with Crippen molar-refractivity contribution in [3.63, 3.8) is 0 Å². The molecule has 1 aliphatic heterocycles. The summed E-state index contributed by atoms with van der Waals surface area (Å²) in [6.07, 6.45) is 0. The third kappa shape index (κ3) is 2.48. The van der Waals surface area contributed by atoms with Crippen LogP contribution in [0.2, 0.25) is 0 Å². The van der Waals surface area contributed by atoms with Gasteiger partial charge in [0.15, 0.2) is 5.43 Å². The maximum Gasteiger partial charge on any atom is 0.205 e. The van der Waals surface area contributed by atoms with Crippen LogP contribution in [-0.4, -0.2) is 0 Å².